The van der Waals surface area contributed by atoms with E-state index in [4.69, 9.17) is 5.73 Å². The Morgan fingerprint density at radius 3 is 2.67 bits per heavy atom. The number of benzene rings is 1. The fourth-order valence-corrected chi connectivity index (χ4v) is 2.36. The molecule has 1 amide bonds. The van der Waals surface area contributed by atoms with E-state index in [-0.39, 0.29) is 42.3 Å². The number of amides is 1. The normalized spacial score (nSPS) is 11.2. The van der Waals surface area contributed by atoms with E-state index < -0.39 is 0 Å². The van der Waals surface area contributed by atoms with Crippen LogP contribution < -0.4 is 11.3 Å². The Morgan fingerprint density at radius 2 is 2.00 bits per heavy atom. The van der Waals surface area contributed by atoms with Crippen LogP contribution >= 0.6 is 12.4 Å². The molecular weight excluding hydrogens is 330 g/mol. The van der Waals surface area contributed by atoms with Gasteiger partial charge in [-0.15, -0.1) is 17.5 Å². The van der Waals surface area contributed by atoms with E-state index in [0.717, 1.165) is 0 Å². The largest absolute Gasteiger partial charge is 0.345 e. The lowest BCUT2D eigenvalue weighted by Gasteiger charge is -2.29. The lowest BCUT2D eigenvalue weighted by molar-refractivity contribution is -0.131. The molecule has 1 aromatic heterocycles. The molecule has 1 heterocycles. The van der Waals surface area contributed by atoms with Gasteiger partial charge in [0, 0.05) is 20.0 Å². The van der Waals surface area contributed by atoms with E-state index in [0.29, 0.717) is 24.0 Å². The second kappa shape index (κ2) is 8.21. The molecule has 0 radical (unpaired) electrons. The van der Waals surface area contributed by atoms with E-state index in [1.165, 1.54) is 4.68 Å². The Kier molecular flexibility index (Phi) is 6.86. The molecule has 0 saturated heterocycles. The van der Waals surface area contributed by atoms with Gasteiger partial charge < -0.3 is 10.6 Å². The van der Waals surface area contributed by atoms with Crippen LogP contribution in [0.25, 0.3) is 10.9 Å². The molecule has 0 aliphatic heterocycles. The van der Waals surface area contributed by atoms with Gasteiger partial charge in [-0.25, -0.2) is 4.68 Å². The van der Waals surface area contributed by atoms with Gasteiger partial charge in [0.2, 0.25) is 5.91 Å². The summed E-state index contributed by atoms with van der Waals surface area (Å²) >= 11 is 0. The third-order valence-electron chi connectivity index (χ3n) is 3.81. The molecule has 0 aliphatic carbocycles. The van der Waals surface area contributed by atoms with Crippen molar-refractivity contribution in [2.45, 2.75) is 26.8 Å². The Balaban J connectivity index is 0.00000288. The number of hydrogen-bond donors (Lipinski definition) is 1. The third kappa shape index (κ3) is 4.75. The van der Waals surface area contributed by atoms with Crippen LogP contribution in [0.2, 0.25) is 0 Å². The summed E-state index contributed by atoms with van der Waals surface area (Å²) in [4.78, 5) is 26.2. The maximum Gasteiger partial charge on any atom is 0.277 e. The minimum absolute atomic E-state index is 0. The van der Waals surface area contributed by atoms with Crippen molar-refractivity contribution in [2.24, 2.45) is 11.1 Å². The van der Waals surface area contributed by atoms with Crippen LogP contribution in [0.5, 0.6) is 0 Å². The van der Waals surface area contributed by atoms with Gasteiger partial charge in [0.05, 0.1) is 11.9 Å². The Hall–Kier alpha value is -1.99. The highest BCUT2D eigenvalue weighted by molar-refractivity contribution is 5.85. The van der Waals surface area contributed by atoms with Gasteiger partial charge in [0.25, 0.3) is 5.56 Å². The first-order valence-corrected chi connectivity index (χ1v) is 7.60. The number of halogens is 1. The minimum Gasteiger partial charge on any atom is -0.345 e. The van der Waals surface area contributed by atoms with Gasteiger partial charge in [-0.2, -0.15) is 0 Å². The van der Waals surface area contributed by atoms with E-state index in [2.05, 4.69) is 10.3 Å². The quantitative estimate of drug-likeness (QED) is 0.837. The molecule has 0 unspecified atom stereocenters. The monoisotopic (exact) mass is 353 g/mol. The topological polar surface area (TPSA) is 94.1 Å². The van der Waals surface area contributed by atoms with Gasteiger partial charge in [0.1, 0.15) is 5.52 Å². The van der Waals surface area contributed by atoms with E-state index in [1.807, 2.05) is 13.8 Å². The standard InChI is InChI=1S/C16H23N5O2.ClH/c1-16(2,10-17)11-20(3)14(22)8-9-21-15(23)12-6-4-5-7-13(12)18-19-21;/h4-7H,8-11,17H2,1-3H3;1H. The smallest absolute Gasteiger partial charge is 0.277 e. The molecule has 2 aromatic rings. The van der Waals surface area contributed by atoms with Crippen molar-refractivity contribution < 1.29 is 4.79 Å². The first kappa shape index (κ1) is 20.1. The summed E-state index contributed by atoms with van der Waals surface area (Å²) in [5.41, 5.74) is 5.88. The molecule has 132 valence electrons. The molecule has 7 nitrogen and oxygen atoms in total. The van der Waals surface area contributed by atoms with Crippen LogP contribution in [0.1, 0.15) is 20.3 Å². The van der Waals surface area contributed by atoms with Crippen molar-refractivity contribution in [2.75, 3.05) is 20.1 Å². The van der Waals surface area contributed by atoms with Crippen molar-refractivity contribution in [3.63, 3.8) is 0 Å². The van der Waals surface area contributed by atoms with Gasteiger partial charge >= 0.3 is 0 Å². The highest BCUT2D eigenvalue weighted by Crippen LogP contribution is 2.14. The SMILES string of the molecule is CN(CC(C)(C)CN)C(=O)CCn1nnc2ccccc2c1=O.Cl. The molecule has 2 N–H and O–H groups in total. The fourth-order valence-electron chi connectivity index (χ4n) is 2.36. The maximum absolute atomic E-state index is 12.3. The second-order valence-corrected chi connectivity index (χ2v) is 6.50. The molecule has 2 rings (SSSR count). The number of fused-ring (bicyclic) bond motifs is 1. The molecule has 0 spiro atoms. The van der Waals surface area contributed by atoms with Crippen molar-refractivity contribution in [1.29, 1.82) is 0 Å². The summed E-state index contributed by atoms with van der Waals surface area (Å²) in [6, 6.07) is 7.03. The zero-order chi connectivity index (χ0) is 17.0. The molecule has 0 atom stereocenters. The highest BCUT2D eigenvalue weighted by Gasteiger charge is 2.21. The Labute approximate surface area is 147 Å². The van der Waals surface area contributed by atoms with E-state index in [1.54, 1.807) is 36.2 Å². The molecule has 24 heavy (non-hydrogen) atoms. The number of rotatable bonds is 6. The van der Waals surface area contributed by atoms with Gasteiger partial charge in [-0.3, -0.25) is 9.59 Å². The lowest BCUT2D eigenvalue weighted by Crippen LogP contribution is -2.40. The molecule has 0 aliphatic rings. The summed E-state index contributed by atoms with van der Waals surface area (Å²) in [7, 11) is 1.74. The predicted molar refractivity (Wildman–Crippen MR) is 96.1 cm³/mol. The Bertz CT molecular complexity index is 759. The van der Waals surface area contributed by atoms with Crippen molar-refractivity contribution >= 4 is 29.2 Å². The maximum atomic E-state index is 12.3. The van der Waals surface area contributed by atoms with E-state index >= 15 is 0 Å². The third-order valence-corrected chi connectivity index (χ3v) is 3.81. The molecule has 1 aromatic carbocycles. The second-order valence-electron chi connectivity index (χ2n) is 6.50. The average Bonchev–Trinajstić information content (AvgIpc) is 2.53. The van der Waals surface area contributed by atoms with Crippen LogP contribution in [-0.2, 0) is 11.3 Å². The van der Waals surface area contributed by atoms with Crippen LogP contribution in [0, 0.1) is 5.41 Å². The minimum atomic E-state index is -0.228. The van der Waals surface area contributed by atoms with Crippen molar-refractivity contribution in [1.82, 2.24) is 19.9 Å². The molecule has 0 saturated carbocycles. The number of carbonyl (C=O) groups is 1. The number of carbonyl (C=O) groups excluding carboxylic acids is 1. The van der Waals surface area contributed by atoms with E-state index in [9.17, 15) is 9.59 Å². The molecular formula is C16H24ClN5O2. The summed E-state index contributed by atoms with van der Waals surface area (Å²) in [5.74, 6) is -0.0478. The van der Waals surface area contributed by atoms with Gasteiger partial charge in [-0.1, -0.05) is 31.2 Å². The zero-order valence-electron chi connectivity index (χ0n) is 14.2. The van der Waals surface area contributed by atoms with Crippen LogP contribution in [-0.4, -0.2) is 45.9 Å². The number of aryl methyl sites for hydroxylation is 1. The number of nitrogens with zero attached hydrogens (tertiary/aromatic N) is 4. The predicted octanol–water partition coefficient (Wildman–Crippen LogP) is 1.05. The van der Waals surface area contributed by atoms with Crippen molar-refractivity contribution in [3.05, 3.63) is 34.6 Å². The summed E-state index contributed by atoms with van der Waals surface area (Å²) in [6.07, 6.45) is 0.198. The highest BCUT2D eigenvalue weighted by atomic mass is 35.5. The fraction of sp³-hybridized carbons (Fsp3) is 0.500. The Morgan fingerprint density at radius 1 is 1.33 bits per heavy atom. The first-order chi connectivity index (χ1) is 10.8. The molecule has 8 heteroatoms. The molecule has 0 fully saturated rings. The van der Waals surface area contributed by atoms with Crippen LogP contribution in [0.15, 0.2) is 29.1 Å². The van der Waals surface area contributed by atoms with Gasteiger partial charge in [0.15, 0.2) is 0 Å². The van der Waals surface area contributed by atoms with Crippen LogP contribution in [0.4, 0.5) is 0 Å². The van der Waals surface area contributed by atoms with Crippen LogP contribution in [0.3, 0.4) is 0 Å². The van der Waals surface area contributed by atoms with Gasteiger partial charge in [-0.05, 0) is 24.1 Å². The summed E-state index contributed by atoms with van der Waals surface area (Å²) in [6.45, 7) is 5.30. The lowest BCUT2D eigenvalue weighted by atomic mass is 9.93. The first-order valence-electron chi connectivity index (χ1n) is 7.60. The zero-order valence-corrected chi connectivity index (χ0v) is 15.0. The summed E-state index contributed by atoms with van der Waals surface area (Å²) < 4.78 is 1.24. The number of nitrogens with two attached hydrogens (primary N) is 1. The number of hydrogen-bond acceptors (Lipinski definition) is 5. The average molecular weight is 354 g/mol. The number of aromatic nitrogens is 3. The summed E-state index contributed by atoms with van der Waals surface area (Å²) in [5, 5.41) is 8.41. The molecule has 0 bridgehead atoms. The van der Waals surface area contributed by atoms with Crippen molar-refractivity contribution in [3.8, 4) is 0 Å².